The van der Waals surface area contributed by atoms with Gasteiger partial charge in [0.15, 0.2) is 0 Å². The van der Waals surface area contributed by atoms with E-state index in [2.05, 4.69) is 163 Å². The molecular formula is C42H36N2. The predicted molar refractivity (Wildman–Crippen MR) is 192 cm³/mol. The molecular weight excluding hydrogens is 532 g/mol. The third kappa shape index (κ3) is 5.03. The summed E-state index contributed by atoms with van der Waals surface area (Å²) in [6, 6.07) is 50.4. The summed E-state index contributed by atoms with van der Waals surface area (Å²) in [6.07, 6.45) is 3.50. The van der Waals surface area contributed by atoms with E-state index in [1.165, 1.54) is 67.5 Å². The minimum Gasteiger partial charge on any atom is -0.340 e. The number of para-hydroxylation sites is 1. The Morgan fingerprint density at radius 2 is 1.09 bits per heavy atom. The van der Waals surface area contributed by atoms with Crippen LogP contribution >= 0.6 is 0 Å². The Morgan fingerprint density at radius 1 is 0.545 bits per heavy atom. The molecule has 0 spiro atoms. The molecule has 214 valence electrons. The lowest BCUT2D eigenvalue weighted by Crippen LogP contribution is -2.18. The van der Waals surface area contributed by atoms with Gasteiger partial charge < -0.3 is 4.90 Å². The average Bonchev–Trinajstić information content (AvgIpc) is 3.09. The molecule has 0 aliphatic rings. The van der Waals surface area contributed by atoms with Gasteiger partial charge in [0, 0.05) is 12.2 Å². The average molecular weight is 569 g/mol. The molecule has 0 aromatic heterocycles. The number of nitrogens with zero attached hydrogens (tertiary/aromatic N) is 2. The van der Waals surface area contributed by atoms with Crippen molar-refractivity contribution in [3.8, 4) is 22.3 Å². The van der Waals surface area contributed by atoms with Gasteiger partial charge in [0.25, 0.3) is 0 Å². The molecule has 2 nitrogen and oxygen atoms in total. The second-order valence-electron chi connectivity index (χ2n) is 11.5. The Hall–Kier alpha value is -5.21. The van der Waals surface area contributed by atoms with Gasteiger partial charge in [-0.1, -0.05) is 129 Å². The third-order valence-corrected chi connectivity index (χ3v) is 8.75. The van der Waals surface area contributed by atoms with Crippen molar-refractivity contribution in [2.24, 2.45) is 4.99 Å². The monoisotopic (exact) mass is 568 g/mol. The van der Waals surface area contributed by atoms with Crippen LogP contribution in [0.4, 0.5) is 17.1 Å². The first-order valence-corrected chi connectivity index (χ1v) is 15.6. The summed E-state index contributed by atoms with van der Waals surface area (Å²) in [5.41, 5.74) is 8.05. The third-order valence-electron chi connectivity index (χ3n) is 8.75. The Bertz CT molecular complexity index is 2050. The number of anilines is 2. The van der Waals surface area contributed by atoms with E-state index in [4.69, 9.17) is 0 Å². The number of hydrogen-bond acceptors (Lipinski definition) is 2. The van der Waals surface area contributed by atoms with Crippen LogP contribution in [0.25, 0.3) is 54.6 Å². The topological polar surface area (TPSA) is 15.6 Å². The van der Waals surface area contributed by atoms with Gasteiger partial charge in [0.2, 0.25) is 0 Å². The van der Waals surface area contributed by atoms with E-state index < -0.39 is 0 Å². The summed E-state index contributed by atoms with van der Waals surface area (Å²) in [5.74, 6) is 0. The zero-order valence-corrected chi connectivity index (χ0v) is 25.2. The van der Waals surface area contributed by atoms with Gasteiger partial charge in [0.1, 0.15) is 0 Å². The summed E-state index contributed by atoms with van der Waals surface area (Å²) < 4.78 is 0. The molecule has 0 amide bonds. The standard InChI is InChI=1S/C42H36N2/c1-3-4-14-27-44(34-17-6-5-7-18-34)40-26-25-33(29-39(40)43-2)42-37-21-12-10-19-35(37)41(36-20-11-13-22-38(36)42)32-24-23-30-15-8-9-16-31(30)28-32/h5-13,15-26,28-29H,2-4,14,27H2,1H3. The number of rotatable bonds is 9. The largest absolute Gasteiger partial charge is 0.340 e. The quantitative estimate of drug-likeness (QED) is 0.0960. The van der Waals surface area contributed by atoms with E-state index in [0.29, 0.717) is 0 Å². The Kier molecular flexibility index (Phi) is 7.65. The zero-order chi connectivity index (χ0) is 29.9. The first-order valence-electron chi connectivity index (χ1n) is 15.6. The highest BCUT2D eigenvalue weighted by Gasteiger charge is 2.19. The summed E-state index contributed by atoms with van der Waals surface area (Å²) in [5, 5.41) is 7.48. The van der Waals surface area contributed by atoms with Crippen molar-refractivity contribution in [1.29, 1.82) is 0 Å². The number of benzene rings is 7. The first-order chi connectivity index (χ1) is 21.8. The molecule has 0 N–H and O–H groups in total. The fraction of sp³-hybridized carbons (Fsp3) is 0.119. The van der Waals surface area contributed by atoms with E-state index in [0.717, 1.165) is 29.9 Å². The molecule has 7 aromatic carbocycles. The number of unbranched alkanes of at least 4 members (excludes halogenated alkanes) is 2. The predicted octanol–water partition coefficient (Wildman–Crippen LogP) is 12.1. The maximum atomic E-state index is 4.59. The SMILES string of the molecule is C=Nc1cc(-c2c3ccccc3c(-c3ccc4ccccc4c3)c3ccccc23)ccc1N(CCCCC)c1ccccc1. The minimum absolute atomic E-state index is 0.898. The van der Waals surface area contributed by atoms with Gasteiger partial charge in [-0.15, -0.1) is 0 Å². The van der Waals surface area contributed by atoms with Gasteiger partial charge in [-0.05, 0) is 98.0 Å². The molecule has 0 saturated heterocycles. The van der Waals surface area contributed by atoms with E-state index >= 15 is 0 Å². The second-order valence-corrected chi connectivity index (χ2v) is 11.5. The number of aliphatic imine (C=N–C) groups is 1. The summed E-state index contributed by atoms with van der Waals surface area (Å²) in [6.45, 7) is 7.21. The smallest absolute Gasteiger partial charge is 0.0865 e. The van der Waals surface area contributed by atoms with Gasteiger partial charge in [0.05, 0.1) is 11.4 Å². The van der Waals surface area contributed by atoms with Gasteiger partial charge in [-0.3, -0.25) is 4.99 Å². The van der Waals surface area contributed by atoms with Crippen LogP contribution in [-0.2, 0) is 0 Å². The van der Waals surface area contributed by atoms with E-state index in [1.807, 2.05) is 0 Å². The Morgan fingerprint density at radius 3 is 1.70 bits per heavy atom. The molecule has 0 atom stereocenters. The maximum Gasteiger partial charge on any atom is 0.0865 e. The van der Waals surface area contributed by atoms with Crippen LogP contribution in [0, 0.1) is 0 Å². The highest BCUT2D eigenvalue weighted by molar-refractivity contribution is 6.21. The highest BCUT2D eigenvalue weighted by Crippen LogP contribution is 2.46. The van der Waals surface area contributed by atoms with Crippen molar-refractivity contribution >= 4 is 56.1 Å². The van der Waals surface area contributed by atoms with E-state index in [-0.39, 0.29) is 0 Å². The summed E-state index contributed by atoms with van der Waals surface area (Å²) in [7, 11) is 0. The van der Waals surface area contributed by atoms with Crippen LogP contribution in [-0.4, -0.2) is 13.3 Å². The highest BCUT2D eigenvalue weighted by atomic mass is 15.1. The normalized spacial score (nSPS) is 11.3. The molecule has 0 fully saturated rings. The van der Waals surface area contributed by atoms with Crippen molar-refractivity contribution in [2.45, 2.75) is 26.2 Å². The van der Waals surface area contributed by atoms with E-state index in [1.54, 1.807) is 0 Å². The van der Waals surface area contributed by atoms with Crippen LogP contribution in [0.1, 0.15) is 26.2 Å². The molecule has 2 heteroatoms. The molecule has 0 aliphatic carbocycles. The summed E-state index contributed by atoms with van der Waals surface area (Å²) >= 11 is 0. The molecule has 7 rings (SSSR count). The van der Waals surface area contributed by atoms with Crippen LogP contribution in [0.5, 0.6) is 0 Å². The minimum atomic E-state index is 0.898. The molecule has 0 unspecified atom stereocenters. The Labute approximate surface area is 259 Å². The molecule has 44 heavy (non-hydrogen) atoms. The van der Waals surface area contributed by atoms with Crippen LogP contribution in [0.3, 0.4) is 0 Å². The van der Waals surface area contributed by atoms with Crippen molar-refractivity contribution in [3.63, 3.8) is 0 Å². The fourth-order valence-corrected chi connectivity index (χ4v) is 6.65. The van der Waals surface area contributed by atoms with Gasteiger partial charge in [-0.2, -0.15) is 0 Å². The second kappa shape index (κ2) is 12.2. The summed E-state index contributed by atoms with van der Waals surface area (Å²) in [4.78, 5) is 6.99. The molecule has 0 radical (unpaired) electrons. The van der Waals surface area contributed by atoms with Gasteiger partial charge in [-0.25, -0.2) is 0 Å². The molecule has 0 bridgehead atoms. The number of hydrogen-bond donors (Lipinski definition) is 0. The maximum absolute atomic E-state index is 4.59. The lowest BCUT2D eigenvalue weighted by molar-refractivity contribution is 0.716. The zero-order valence-electron chi connectivity index (χ0n) is 25.2. The van der Waals surface area contributed by atoms with E-state index in [9.17, 15) is 0 Å². The van der Waals surface area contributed by atoms with Crippen molar-refractivity contribution in [1.82, 2.24) is 0 Å². The van der Waals surface area contributed by atoms with Crippen LogP contribution in [0.15, 0.2) is 145 Å². The van der Waals surface area contributed by atoms with Crippen molar-refractivity contribution in [2.75, 3.05) is 11.4 Å². The first kappa shape index (κ1) is 27.6. The lowest BCUT2D eigenvalue weighted by atomic mass is 9.85. The van der Waals surface area contributed by atoms with Crippen molar-refractivity contribution in [3.05, 3.63) is 140 Å². The Balaban J connectivity index is 1.44. The molecule has 0 saturated carbocycles. The fourth-order valence-electron chi connectivity index (χ4n) is 6.65. The molecule has 7 aromatic rings. The number of fused-ring (bicyclic) bond motifs is 3. The molecule has 0 aliphatic heterocycles. The van der Waals surface area contributed by atoms with Crippen LogP contribution in [0.2, 0.25) is 0 Å². The molecule has 0 heterocycles. The van der Waals surface area contributed by atoms with Crippen molar-refractivity contribution < 1.29 is 0 Å². The van der Waals surface area contributed by atoms with Gasteiger partial charge >= 0.3 is 0 Å². The lowest BCUT2D eigenvalue weighted by Gasteiger charge is -2.27. The van der Waals surface area contributed by atoms with Crippen LogP contribution < -0.4 is 4.90 Å².